The average molecular weight is 416 g/mol. The van der Waals surface area contributed by atoms with E-state index in [1.807, 2.05) is 6.07 Å². The Kier molecular flexibility index (Phi) is 6.96. The molecule has 0 saturated carbocycles. The van der Waals surface area contributed by atoms with Gasteiger partial charge in [-0.3, -0.25) is 4.90 Å². The molecule has 0 spiro atoms. The molecule has 1 fully saturated rings. The molecule has 1 aromatic carbocycles. The number of hydrogen-bond donors (Lipinski definition) is 1. The zero-order valence-electron chi connectivity index (χ0n) is 13.5. The second-order valence-electron chi connectivity index (χ2n) is 6.83. The molecular weight excluding hydrogens is 393 g/mol. The van der Waals surface area contributed by atoms with E-state index < -0.39 is 11.7 Å². The van der Waals surface area contributed by atoms with E-state index in [4.69, 9.17) is 0 Å². The topological polar surface area (TPSA) is 15.3 Å². The molecule has 1 atom stereocenters. The third-order valence-electron chi connectivity index (χ3n) is 3.90. The number of halogens is 5. The van der Waals surface area contributed by atoms with E-state index in [0.29, 0.717) is 4.47 Å². The Labute approximate surface area is 150 Å². The van der Waals surface area contributed by atoms with Crippen LogP contribution in [0.3, 0.4) is 0 Å². The summed E-state index contributed by atoms with van der Waals surface area (Å²) in [5.41, 5.74) is -0.0292. The summed E-state index contributed by atoms with van der Waals surface area (Å²) in [6.45, 7) is 9.65. The van der Waals surface area contributed by atoms with Crippen LogP contribution in [0.5, 0.6) is 0 Å². The van der Waals surface area contributed by atoms with E-state index in [1.54, 1.807) is 0 Å². The molecule has 1 saturated heterocycles. The number of nitrogens with one attached hydrogen (secondary N) is 1. The maximum atomic E-state index is 13.1. The smallest absolute Gasteiger partial charge is 0.314 e. The largest absolute Gasteiger partial charge is 0.416 e. The Morgan fingerprint density at radius 3 is 2.13 bits per heavy atom. The van der Waals surface area contributed by atoms with Crippen molar-refractivity contribution in [3.8, 4) is 0 Å². The number of hydrogen-bond acceptors (Lipinski definition) is 2. The molecule has 0 aliphatic carbocycles. The minimum atomic E-state index is -4.33. The number of nitrogens with zero attached hydrogens (tertiary/aromatic N) is 1. The zero-order chi connectivity index (χ0) is 16.5. The van der Waals surface area contributed by atoms with E-state index in [0.717, 1.165) is 37.8 Å². The molecule has 0 amide bonds. The van der Waals surface area contributed by atoms with Crippen LogP contribution in [0.2, 0.25) is 0 Å². The second-order valence-corrected chi connectivity index (χ2v) is 7.74. The number of rotatable bonds is 2. The lowest BCUT2D eigenvalue weighted by Gasteiger charge is -2.43. The molecule has 7 heteroatoms. The number of alkyl halides is 3. The maximum absolute atomic E-state index is 13.1. The lowest BCUT2D eigenvalue weighted by atomic mass is 9.80. The van der Waals surface area contributed by atoms with E-state index in [9.17, 15) is 13.2 Å². The summed E-state index contributed by atoms with van der Waals surface area (Å²) in [7, 11) is 0. The standard InChI is InChI=1S/C16H22BrF3N2.ClH/c1-15(2,3)14(22-6-4-21-5-7-22)11-8-12(16(18,19)20)10-13(17)9-11;/h8-10,14,21H,4-7H2,1-3H3;1H/t14-;/m0./s1. The summed E-state index contributed by atoms with van der Waals surface area (Å²) < 4.78 is 39.8. The van der Waals surface area contributed by atoms with Gasteiger partial charge in [0.2, 0.25) is 0 Å². The molecule has 1 heterocycles. The molecule has 1 aromatic rings. The van der Waals surface area contributed by atoms with Crippen molar-refractivity contribution in [3.63, 3.8) is 0 Å². The van der Waals surface area contributed by atoms with Gasteiger partial charge in [0.1, 0.15) is 0 Å². The first-order chi connectivity index (χ1) is 10.1. The van der Waals surface area contributed by atoms with Crippen molar-refractivity contribution in [1.29, 1.82) is 0 Å². The third-order valence-corrected chi connectivity index (χ3v) is 4.36. The van der Waals surface area contributed by atoms with E-state index in [2.05, 4.69) is 46.9 Å². The summed E-state index contributed by atoms with van der Waals surface area (Å²) in [4.78, 5) is 2.28. The van der Waals surface area contributed by atoms with E-state index in [1.165, 1.54) is 6.07 Å². The molecule has 1 aliphatic rings. The Hall–Kier alpha value is -0.300. The molecule has 0 aromatic heterocycles. The van der Waals surface area contributed by atoms with Crippen LogP contribution in [0.1, 0.15) is 37.9 Å². The van der Waals surface area contributed by atoms with Crippen molar-refractivity contribution in [2.24, 2.45) is 5.41 Å². The quantitative estimate of drug-likeness (QED) is 0.740. The zero-order valence-corrected chi connectivity index (χ0v) is 15.9. The van der Waals surface area contributed by atoms with Crippen LogP contribution in [0.4, 0.5) is 13.2 Å². The van der Waals surface area contributed by atoms with Crippen LogP contribution in [0, 0.1) is 5.41 Å². The van der Waals surface area contributed by atoms with Crippen molar-refractivity contribution in [2.45, 2.75) is 33.0 Å². The Morgan fingerprint density at radius 2 is 1.65 bits per heavy atom. The molecule has 132 valence electrons. The van der Waals surface area contributed by atoms with Crippen LogP contribution in [-0.4, -0.2) is 31.1 Å². The van der Waals surface area contributed by atoms with Gasteiger partial charge in [0.25, 0.3) is 0 Å². The normalized spacial score (nSPS) is 18.4. The second kappa shape index (κ2) is 7.72. The van der Waals surface area contributed by atoms with Gasteiger partial charge >= 0.3 is 6.18 Å². The molecule has 1 N–H and O–H groups in total. The predicted molar refractivity (Wildman–Crippen MR) is 93.0 cm³/mol. The fourth-order valence-corrected chi connectivity index (χ4v) is 3.64. The summed E-state index contributed by atoms with van der Waals surface area (Å²) in [5.74, 6) is 0. The molecule has 2 rings (SSSR count). The SMILES string of the molecule is CC(C)(C)[C@H](c1cc(Br)cc(C(F)(F)F)c1)N1CCNCC1.Cl. The van der Waals surface area contributed by atoms with E-state index in [-0.39, 0.29) is 23.9 Å². The Balaban J connectivity index is 0.00000264. The third kappa shape index (κ3) is 5.34. The van der Waals surface area contributed by atoms with Crippen LogP contribution in [0.25, 0.3) is 0 Å². The molecule has 0 radical (unpaired) electrons. The highest BCUT2D eigenvalue weighted by molar-refractivity contribution is 9.10. The summed E-state index contributed by atoms with van der Waals surface area (Å²) in [5, 5.41) is 3.29. The monoisotopic (exact) mass is 414 g/mol. The van der Waals surface area contributed by atoms with Crippen LogP contribution in [-0.2, 0) is 6.18 Å². The average Bonchev–Trinajstić information content (AvgIpc) is 2.36. The first-order valence-corrected chi connectivity index (χ1v) is 8.21. The van der Waals surface area contributed by atoms with Crippen LogP contribution < -0.4 is 5.32 Å². The Morgan fingerprint density at radius 1 is 1.09 bits per heavy atom. The molecular formula is C16H23BrClF3N2. The van der Waals surface area contributed by atoms with Crippen molar-refractivity contribution >= 4 is 28.3 Å². The van der Waals surface area contributed by atoms with Gasteiger partial charge in [-0.05, 0) is 29.2 Å². The minimum Gasteiger partial charge on any atom is -0.314 e. The molecule has 2 nitrogen and oxygen atoms in total. The highest BCUT2D eigenvalue weighted by Gasteiger charge is 2.36. The van der Waals surface area contributed by atoms with Crippen molar-refractivity contribution in [2.75, 3.05) is 26.2 Å². The van der Waals surface area contributed by atoms with Gasteiger partial charge in [0, 0.05) is 36.7 Å². The first kappa shape index (κ1) is 20.7. The van der Waals surface area contributed by atoms with Gasteiger partial charge in [-0.2, -0.15) is 13.2 Å². The maximum Gasteiger partial charge on any atom is 0.416 e. The van der Waals surface area contributed by atoms with Gasteiger partial charge in [0.15, 0.2) is 0 Å². The number of benzene rings is 1. The van der Waals surface area contributed by atoms with E-state index >= 15 is 0 Å². The van der Waals surface area contributed by atoms with Crippen molar-refractivity contribution in [3.05, 3.63) is 33.8 Å². The molecule has 0 unspecified atom stereocenters. The first-order valence-electron chi connectivity index (χ1n) is 7.41. The molecule has 23 heavy (non-hydrogen) atoms. The fourth-order valence-electron chi connectivity index (χ4n) is 3.13. The lowest BCUT2D eigenvalue weighted by Crippen LogP contribution is -2.48. The highest BCUT2D eigenvalue weighted by Crippen LogP contribution is 2.41. The summed E-state index contributed by atoms with van der Waals surface area (Å²) >= 11 is 3.23. The van der Waals surface area contributed by atoms with Crippen molar-refractivity contribution < 1.29 is 13.2 Å². The van der Waals surface area contributed by atoms with Gasteiger partial charge in [-0.1, -0.05) is 36.7 Å². The highest BCUT2D eigenvalue weighted by atomic mass is 79.9. The summed E-state index contributed by atoms with van der Waals surface area (Å²) in [6.07, 6.45) is -4.33. The lowest BCUT2D eigenvalue weighted by molar-refractivity contribution is -0.137. The predicted octanol–water partition coefficient (Wildman–Crippen LogP) is 4.88. The van der Waals surface area contributed by atoms with Crippen LogP contribution >= 0.6 is 28.3 Å². The van der Waals surface area contributed by atoms with Crippen molar-refractivity contribution in [1.82, 2.24) is 10.2 Å². The van der Waals surface area contributed by atoms with Gasteiger partial charge < -0.3 is 5.32 Å². The number of piperazine rings is 1. The van der Waals surface area contributed by atoms with Crippen LogP contribution in [0.15, 0.2) is 22.7 Å². The molecule has 0 bridgehead atoms. The fraction of sp³-hybridized carbons (Fsp3) is 0.625. The molecule has 1 aliphatic heterocycles. The van der Waals surface area contributed by atoms with Gasteiger partial charge in [-0.15, -0.1) is 12.4 Å². The minimum absolute atomic E-state index is 0. The Bertz CT molecular complexity index is 523. The van der Waals surface area contributed by atoms with Gasteiger partial charge in [-0.25, -0.2) is 0 Å². The van der Waals surface area contributed by atoms with Gasteiger partial charge in [0.05, 0.1) is 5.56 Å². The summed E-state index contributed by atoms with van der Waals surface area (Å²) in [6, 6.07) is 4.20.